The summed E-state index contributed by atoms with van der Waals surface area (Å²) in [7, 11) is 0. The van der Waals surface area contributed by atoms with Crippen molar-refractivity contribution >= 4 is 11.2 Å². The molecular weight excluding hydrogens is 340 g/mol. The number of hydrogen-bond donors (Lipinski definition) is 4. The van der Waals surface area contributed by atoms with Crippen molar-refractivity contribution in [1.82, 2.24) is 19.5 Å². The van der Waals surface area contributed by atoms with Crippen LogP contribution in [-0.4, -0.2) is 59.8 Å². The van der Waals surface area contributed by atoms with E-state index in [0.29, 0.717) is 12.2 Å². The largest absolute Gasteiger partial charge is 0.394 e. The third-order valence-electron chi connectivity index (χ3n) is 4.53. The molecule has 1 aliphatic rings. The van der Waals surface area contributed by atoms with E-state index in [1.54, 1.807) is 0 Å². The maximum absolute atomic E-state index is 12.1. The summed E-state index contributed by atoms with van der Waals surface area (Å²) in [5.41, 5.74) is 0.910. The number of aliphatic hydroxyl groups is 3. The van der Waals surface area contributed by atoms with Gasteiger partial charge in [-0.2, -0.15) is 0 Å². The van der Waals surface area contributed by atoms with Crippen LogP contribution in [0, 0.1) is 0 Å². The van der Waals surface area contributed by atoms with Crippen LogP contribution in [0.3, 0.4) is 0 Å². The van der Waals surface area contributed by atoms with Gasteiger partial charge < -0.3 is 25.0 Å². The van der Waals surface area contributed by atoms with Crippen molar-refractivity contribution in [1.29, 1.82) is 0 Å². The molecular formula is C17H18N4O5. The zero-order valence-corrected chi connectivity index (χ0v) is 13.7. The molecule has 0 radical (unpaired) electrons. The average molecular weight is 358 g/mol. The van der Waals surface area contributed by atoms with Crippen LogP contribution in [0.1, 0.15) is 17.6 Å². The predicted molar refractivity (Wildman–Crippen MR) is 90.4 cm³/mol. The summed E-state index contributed by atoms with van der Waals surface area (Å²) in [5.74, 6) is 0.463. The summed E-state index contributed by atoms with van der Waals surface area (Å²) in [5, 5.41) is 29.8. The van der Waals surface area contributed by atoms with E-state index < -0.39 is 36.7 Å². The summed E-state index contributed by atoms with van der Waals surface area (Å²) in [4.78, 5) is 23.1. The summed E-state index contributed by atoms with van der Waals surface area (Å²) in [6.45, 7) is -0.441. The van der Waals surface area contributed by atoms with Gasteiger partial charge in [0.15, 0.2) is 17.4 Å². The van der Waals surface area contributed by atoms with Gasteiger partial charge in [-0.05, 0) is 5.56 Å². The van der Waals surface area contributed by atoms with Crippen molar-refractivity contribution in [2.75, 3.05) is 6.61 Å². The zero-order valence-electron chi connectivity index (χ0n) is 13.7. The molecule has 1 fully saturated rings. The van der Waals surface area contributed by atoms with Crippen LogP contribution < -0.4 is 5.56 Å². The standard InChI is InChI=1S/C17H18N4O5/c22-7-10-13(23)14(24)17(26-10)21-11(6-9-4-2-1-3-5-9)20-12-15(21)18-8-19-16(12)25/h1-5,8,10,13-14,17,22-24H,6-7H2,(H,18,19,25)/t10-,13-,14-,17-/m0/s1. The lowest BCUT2D eigenvalue weighted by Gasteiger charge is -2.19. The number of H-pyrrole nitrogens is 1. The number of hydrogen-bond acceptors (Lipinski definition) is 7. The minimum atomic E-state index is -1.29. The van der Waals surface area contributed by atoms with Gasteiger partial charge in [0, 0.05) is 6.42 Å². The lowest BCUT2D eigenvalue weighted by molar-refractivity contribution is -0.0521. The lowest BCUT2D eigenvalue weighted by Crippen LogP contribution is -2.33. The van der Waals surface area contributed by atoms with Crippen molar-refractivity contribution in [3.8, 4) is 0 Å². The first kappa shape index (κ1) is 16.9. The van der Waals surface area contributed by atoms with E-state index in [1.165, 1.54) is 10.9 Å². The number of rotatable bonds is 4. The van der Waals surface area contributed by atoms with Gasteiger partial charge in [-0.25, -0.2) is 9.97 Å². The van der Waals surface area contributed by atoms with Crippen LogP contribution in [0.15, 0.2) is 41.5 Å². The van der Waals surface area contributed by atoms with E-state index in [0.717, 1.165) is 5.56 Å². The monoisotopic (exact) mass is 358 g/mol. The highest BCUT2D eigenvalue weighted by molar-refractivity contribution is 5.70. The summed E-state index contributed by atoms with van der Waals surface area (Å²) < 4.78 is 7.14. The third kappa shape index (κ3) is 2.71. The second-order valence-corrected chi connectivity index (χ2v) is 6.19. The first-order chi connectivity index (χ1) is 12.6. The Labute approximate surface area is 147 Å². The Morgan fingerprint density at radius 2 is 1.96 bits per heavy atom. The minimum Gasteiger partial charge on any atom is -0.394 e. The number of nitrogens with one attached hydrogen (secondary N) is 1. The Hall–Kier alpha value is -2.59. The molecule has 0 bridgehead atoms. The van der Waals surface area contributed by atoms with Crippen LogP contribution >= 0.6 is 0 Å². The molecule has 3 aromatic rings. The van der Waals surface area contributed by atoms with Crippen LogP contribution in [0.4, 0.5) is 0 Å². The molecule has 4 rings (SSSR count). The second kappa shape index (κ2) is 6.61. The topological polar surface area (TPSA) is 133 Å². The number of aromatic amines is 1. The number of benzene rings is 1. The number of fused-ring (bicyclic) bond motifs is 1. The summed E-state index contributed by atoms with van der Waals surface area (Å²) in [6, 6.07) is 9.50. The number of aromatic nitrogens is 4. The molecule has 9 heteroatoms. The fraction of sp³-hybridized carbons (Fsp3) is 0.353. The van der Waals surface area contributed by atoms with Crippen molar-refractivity contribution in [3.63, 3.8) is 0 Å². The normalized spacial score (nSPS) is 25.8. The van der Waals surface area contributed by atoms with Gasteiger partial charge in [0.1, 0.15) is 24.1 Å². The average Bonchev–Trinajstić information content (AvgIpc) is 3.15. The number of aliphatic hydroxyl groups excluding tert-OH is 3. The van der Waals surface area contributed by atoms with Gasteiger partial charge in [0.05, 0.1) is 12.9 Å². The van der Waals surface area contributed by atoms with Crippen LogP contribution in [0.5, 0.6) is 0 Å². The second-order valence-electron chi connectivity index (χ2n) is 6.19. The van der Waals surface area contributed by atoms with E-state index in [2.05, 4.69) is 15.0 Å². The zero-order chi connectivity index (χ0) is 18.3. The molecule has 1 aromatic carbocycles. The van der Waals surface area contributed by atoms with Gasteiger partial charge in [0.2, 0.25) is 0 Å². The van der Waals surface area contributed by atoms with E-state index in [1.807, 2.05) is 30.3 Å². The van der Waals surface area contributed by atoms with Crippen molar-refractivity contribution in [3.05, 3.63) is 58.4 Å². The Morgan fingerprint density at radius 1 is 1.19 bits per heavy atom. The molecule has 0 spiro atoms. The van der Waals surface area contributed by atoms with Crippen LogP contribution in [0.25, 0.3) is 11.2 Å². The fourth-order valence-corrected chi connectivity index (χ4v) is 3.23. The summed E-state index contributed by atoms with van der Waals surface area (Å²) in [6.07, 6.45) is -2.87. The van der Waals surface area contributed by atoms with Crippen molar-refractivity contribution in [2.24, 2.45) is 0 Å². The van der Waals surface area contributed by atoms with E-state index in [4.69, 9.17) is 4.74 Å². The first-order valence-corrected chi connectivity index (χ1v) is 8.21. The highest BCUT2D eigenvalue weighted by atomic mass is 16.6. The molecule has 1 aliphatic heterocycles. The van der Waals surface area contributed by atoms with Crippen molar-refractivity contribution < 1.29 is 20.1 Å². The number of ether oxygens (including phenoxy) is 1. The fourth-order valence-electron chi connectivity index (χ4n) is 3.23. The van der Waals surface area contributed by atoms with Gasteiger partial charge in [-0.3, -0.25) is 9.36 Å². The molecule has 0 aliphatic carbocycles. The molecule has 2 aromatic heterocycles. The van der Waals surface area contributed by atoms with Gasteiger partial charge in [-0.15, -0.1) is 0 Å². The predicted octanol–water partition coefficient (Wildman–Crippen LogP) is -0.678. The molecule has 0 unspecified atom stereocenters. The quantitative estimate of drug-likeness (QED) is 0.486. The van der Waals surface area contributed by atoms with E-state index >= 15 is 0 Å². The molecule has 3 heterocycles. The molecule has 26 heavy (non-hydrogen) atoms. The lowest BCUT2D eigenvalue weighted by atomic mass is 10.1. The highest BCUT2D eigenvalue weighted by Gasteiger charge is 2.44. The number of nitrogens with zero attached hydrogens (tertiary/aromatic N) is 3. The van der Waals surface area contributed by atoms with E-state index in [9.17, 15) is 20.1 Å². The number of imidazole rings is 1. The first-order valence-electron chi connectivity index (χ1n) is 8.21. The Bertz CT molecular complexity index is 970. The Kier molecular flexibility index (Phi) is 4.29. The Balaban J connectivity index is 1.85. The maximum Gasteiger partial charge on any atom is 0.278 e. The smallest absolute Gasteiger partial charge is 0.278 e. The molecule has 136 valence electrons. The van der Waals surface area contributed by atoms with Crippen LogP contribution in [0.2, 0.25) is 0 Å². The highest BCUT2D eigenvalue weighted by Crippen LogP contribution is 2.32. The maximum atomic E-state index is 12.1. The SMILES string of the molecule is O=c1[nH]cnc2c1nc(Cc1ccccc1)n2[C@H]1O[C@@H](CO)[C@H](O)[C@@H]1O. The molecule has 9 nitrogen and oxygen atoms in total. The molecule has 4 atom stereocenters. The minimum absolute atomic E-state index is 0.121. The van der Waals surface area contributed by atoms with E-state index in [-0.39, 0.29) is 11.2 Å². The van der Waals surface area contributed by atoms with Crippen molar-refractivity contribution in [2.45, 2.75) is 31.0 Å². The van der Waals surface area contributed by atoms with Gasteiger partial charge in [0.25, 0.3) is 5.56 Å². The summed E-state index contributed by atoms with van der Waals surface area (Å²) >= 11 is 0. The van der Waals surface area contributed by atoms with Crippen LogP contribution in [-0.2, 0) is 11.2 Å². The molecule has 0 saturated carbocycles. The van der Waals surface area contributed by atoms with Gasteiger partial charge in [-0.1, -0.05) is 30.3 Å². The molecule has 1 saturated heterocycles. The molecule has 0 amide bonds. The van der Waals surface area contributed by atoms with Gasteiger partial charge >= 0.3 is 0 Å². The third-order valence-corrected chi connectivity index (χ3v) is 4.53. The molecule has 4 N–H and O–H groups in total. The Morgan fingerprint density at radius 3 is 2.65 bits per heavy atom.